The molecule has 0 amide bonds. The Hall–Kier alpha value is -2.03. The second-order valence-corrected chi connectivity index (χ2v) is 4.20. The van der Waals surface area contributed by atoms with Crippen molar-refractivity contribution in [2.75, 3.05) is 5.73 Å². The van der Waals surface area contributed by atoms with Gasteiger partial charge in [0.15, 0.2) is 0 Å². The Morgan fingerprint density at radius 3 is 2.94 bits per heavy atom. The summed E-state index contributed by atoms with van der Waals surface area (Å²) in [7, 11) is 0. The summed E-state index contributed by atoms with van der Waals surface area (Å²) in [6, 6.07) is 4.02. The number of aromatic amines is 1. The van der Waals surface area contributed by atoms with Crippen molar-refractivity contribution in [1.82, 2.24) is 9.97 Å². The third kappa shape index (κ3) is 1.05. The van der Waals surface area contributed by atoms with Crippen LogP contribution in [-0.4, -0.2) is 9.97 Å². The van der Waals surface area contributed by atoms with Gasteiger partial charge in [0.1, 0.15) is 0 Å². The monoisotopic (exact) mass is 211 g/mol. The van der Waals surface area contributed by atoms with Crippen molar-refractivity contribution in [1.29, 1.82) is 0 Å². The number of anilines is 1. The van der Waals surface area contributed by atoms with Crippen molar-refractivity contribution in [3.8, 4) is 0 Å². The molecule has 0 saturated carbocycles. The van der Waals surface area contributed by atoms with Crippen LogP contribution >= 0.6 is 0 Å². The van der Waals surface area contributed by atoms with E-state index in [-0.39, 0.29) is 0 Å². The normalized spacial score (nSPS) is 11.4. The van der Waals surface area contributed by atoms with Crippen molar-refractivity contribution in [2.45, 2.75) is 13.8 Å². The molecule has 3 aromatic rings. The number of nitrogen functional groups attached to an aromatic ring is 1. The molecule has 0 radical (unpaired) electrons. The smallest absolute Gasteiger partial charge is 0.0518 e. The average Bonchev–Trinajstić information content (AvgIpc) is 2.65. The highest BCUT2D eigenvalue weighted by atomic mass is 14.7. The first-order valence-corrected chi connectivity index (χ1v) is 5.29. The largest absolute Gasteiger partial charge is 0.398 e. The van der Waals surface area contributed by atoms with Gasteiger partial charge in [-0.3, -0.25) is 4.98 Å². The van der Waals surface area contributed by atoms with Crippen LogP contribution in [0.15, 0.2) is 24.5 Å². The summed E-state index contributed by atoms with van der Waals surface area (Å²) >= 11 is 0. The van der Waals surface area contributed by atoms with Crippen LogP contribution in [0.1, 0.15) is 11.1 Å². The van der Waals surface area contributed by atoms with Gasteiger partial charge in [-0.15, -0.1) is 0 Å². The summed E-state index contributed by atoms with van der Waals surface area (Å²) in [6.45, 7) is 4.12. The third-order valence-electron chi connectivity index (χ3n) is 3.17. The Bertz CT molecular complexity index is 695. The highest BCUT2D eigenvalue weighted by molar-refractivity contribution is 6.10. The molecule has 0 saturated heterocycles. The molecule has 2 aromatic heterocycles. The molecule has 0 bridgehead atoms. The number of nitrogens with two attached hydrogens (primary N) is 1. The highest BCUT2D eigenvalue weighted by Gasteiger charge is 2.10. The summed E-state index contributed by atoms with van der Waals surface area (Å²) in [4.78, 5) is 7.59. The van der Waals surface area contributed by atoms with Crippen molar-refractivity contribution in [2.24, 2.45) is 0 Å². The highest BCUT2D eigenvalue weighted by Crippen LogP contribution is 2.32. The molecule has 3 heteroatoms. The zero-order valence-electron chi connectivity index (χ0n) is 9.33. The maximum Gasteiger partial charge on any atom is 0.0518 e. The summed E-state index contributed by atoms with van der Waals surface area (Å²) in [5, 5.41) is 2.40. The number of pyridine rings is 1. The topological polar surface area (TPSA) is 54.7 Å². The van der Waals surface area contributed by atoms with E-state index >= 15 is 0 Å². The van der Waals surface area contributed by atoms with Gasteiger partial charge in [0.05, 0.1) is 5.52 Å². The molecular formula is C13H13N3. The fraction of sp³-hybridized carbons (Fsp3) is 0.154. The van der Waals surface area contributed by atoms with Crippen LogP contribution in [0.25, 0.3) is 21.8 Å². The maximum absolute atomic E-state index is 5.97. The molecule has 80 valence electrons. The molecule has 0 atom stereocenters. The Morgan fingerprint density at radius 1 is 1.31 bits per heavy atom. The van der Waals surface area contributed by atoms with Gasteiger partial charge in [-0.05, 0) is 37.1 Å². The molecule has 1 aromatic carbocycles. The Labute approximate surface area is 93.3 Å². The van der Waals surface area contributed by atoms with Crippen LogP contribution in [0.2, 0.25) is 0 Å². The first kappa shape index (κ1) is 9.21. The van der Waals surface area contributed by atoms with E-state index in [9.17, 15) is 0 Å². The van der Waals surface area contributed by atoms with Crippen LogP contribution in [0.5, 0.6) is 0 Å². The van der Waals surface area contributed by atoms with Crippen LogP contribution in [0.3, 0.4) is 0 Å². The molecule has 0 unspecified atom stereocenters. The first-order chi connectivity index (χ1) is 7.68. The number of benzene rings is 1. The van der Waals surface area contributed by atoms with Gasteiger partial charge in [0.25, 0.3) is 0 Å². The number of nitrogens with one attached hydrogen (secondary N) is 1. The molecule has 0 aliphatic carbocycles. The standard InChI is InChI=1S/C13H13N3/c1-7-5-10(14)8(2)13-12(7)9-6-15-4-3-11(9)16-13/h3-6,16H,14H2,1-2H3. The zero-order valence-corrected chi connectivity index (χ0v) is 9.33. The van der Waals surface area contributed by atoms with Gasteiger partial charge < -0.3 is 10.7 Å². The number of hydrogen-bond donors (Lipinski definition) is 2. The van der Waals surface area contributed by atoms with Crippen molar-refractivity contribution in [3.63, 3.8) is 0 Å². The lowest BCUT2D eigenvalue weighted by Gasteiger charge is -2.04. The summed E-state index contributed by atoms with van der Waals surface area (Å²) in [5.74, 6) is 0. The van der Waals surface area contributed by atoms with E-state index in [1.54, 1.807) is 6.20 Å². The lowest BCUT2D eigenvalue weighted by molar-refractivity contribution is 1.36. The molecule has 2 heterocycles. The summed E-state index contributed by atoms with van der Waals surface area (Å²) in [5.41, 5.74) is 11.3. The number of nitrogens with zero attached hydrogens (tertiary/aromatic N) is 1. The van der Waals surface area contributed by atoms with Crippen molar-refractivity contribution < 1.29 is 0 Å². The van der Waals surface area contributed by atoms with Gasteiger partial charge in [0.2, 0.25) is 0 Å². The molecule has 16 heavy (non-hydrogen) atoms. The number of H-pyrrole nitrogens is 1. The molecule has 0 aliphatic rings. The molecular weight excluding hydrogens is 198 g/mol. The predicted octanol–water partition coefficient (Wildman–Crippen LogP) is 2.92. The fourth-order valence-electron chi connectivity index (χ4n) is 2.28. The molecule has 3 nitrogen and oxygen atoms in total. The first-order valence-electron chi connectivity index (χ1n) is 5.29. The van der Waals surface area contributed by atoms with Crippen LogP contribution in [0, 0.1) is 13.8 Å². The van der Waals surface area contributed by atoms with E-state index in [1.807, 2.05) is 25.3 Å². The van der Waals surface area contributed by atoms with E-state index in [0.29, 0.717) is 0 Å². The molecule has 3 rings (SSSR count). The van der Waals surface area contributed by atoms with E-state index in [0.717, 1.165) is 27.7 Å². The van der Waals surface area contributed by atoms with Crippen molar-refractivity contribution >= 4 is 27.5 Å². The van der Waals surface area contributed by atoms with Crippen LogP contribution < -0.4 is 5.73 Å². The average molecular weight is 211 g/mol. The van der Waals surface area contributed by atoms with E-state index in [2.05, 4.69) is 16.9 Å². The summed E-state index contributed by atoms with van der Waals surface area (Å²) in [6.07, 6.45) is 3.70. The second-order valence-electron chi connectivity index (χ2n) is 4.20. The van der Waals surface area contributed by atoms with E-state index in [4.69, 9.17) is 5.73 Å². The van der Waals surface area contributed by atoms with Crippen LogP contribution in [0.4, 0.5) is 5.69 Å². The number of aromatic nitrogens is 2. The van der Waals surface area contributed by atoms with Crippen molar-refractivity contribution in [3.05, 3.63) is 35.7 Å². The SMILES string of the molecule is Cc1c(N)cc(C)c2c1[nH]c1ccncc12. The lowest BCUT2D eigenvalue weighted by atomic mass is 10.0. The maximum atomic E-state index is 5.97. The second kappa shape index (κ2) is 2.98. The fourth-order valence-corrected chi connectivity index (χ4v) is 2.28. The predicted molar refractivity (Wildman–Crippen MR) is 67.5 cm³/mol. The molecule has 0 spiro atoms. The molecule has 0 fully saturated rings. The minimum absolute atomic E-state index is 0.838. The van der Waals surface area contributed by atoms with Gasteiger partial charge in [-0.1, -0.05) is 0 Å². The van der Waals surface area contributed by atoms with Gasteiger partial charge >= 0.3 is 0 Å². The van der Waals surface area contributed by atoms with Gasteiger partial charge in [-0.25, -0.2) is 0 Å². The Kier molecular flexibility index (Phi) is 1.72. The van der Waals surface area contributed by atoms with Gasteiger partial charge in [0, 0.05) is 34.4 Å². The van der Waals surface area contributed by atoms with Gasteiger partial charge in [-0.2, -0.15) is 0 Å². The molecule has 3 N–H and O–H groups in total. The molecule has 0 aliphatic heterocycles. The number of aryl methyl sites for hydroxylation is 2. The number of rotatable bonds is 0. The van der Waals surface area contributed by atoms with Crippen LogP contribution in [-0.2, 0) is 0 Å². The zero-order chi connectivity index (χ0) is 11.3. The minimum Gasteiger partial charge on any atom is -0.398 e. The number of fused-ring (bicyclic) bond motifs is 3. The Morgan fingerprint density at radius 2 is 2.12 bits per heavy atom. The minimum atomic E-state index is 0.838. The lowest BCUT2D eigenvalue weighted by Crippen LogP contribution is -1.91. The third-order valence-corrected chi connectivity index (χ3v) is 3.17. The number of hydrogen-bond acceptors (Lipinski definition) is 2. The summed E-state index contributed by atoms with van der Waals surface area (Å²) < 4.78 is 0. The quantitative estimate of drug-likeness (QED) is 0.562. The Balaban J connectivity index is 2.64. The van der Waals surface area contributed by atoms with E-state index in [1.165, 1.54) is 10.9 Å². The van der Waals surface area contributed by atoms with E-state index < -0.39 is 0 Å².